The number of aromatic nitrogens is 4. The second kappa shape index (κ2) is 4.23. The van der Waals surface area contributed by atoms with Gasteiger partial charge in [-0.25, -0.2) is 0 Å². The van der Waals surface area contributed by atoms with Gasteiger partial charge in [-0.05, 0) is 17.5 Å². The number of rotatable bonds is 0. The minimum atomic E-state index is 1.21. The number of nitrogens with one attached hydrogen (secondary N) is 2. The number of fused-ring (bicyclic) bond motifs is 1. The molecule has 0 aliphatic carbocycles. The summed E-state index contributed by atoms with van der Waals surface area (Å²) in [7, 11) is 0. The average Bonchev–Trinajstić information content (AvgIpc) is 2.92. The Labute approximate surface area is 81.0 Å². The summed E-state index contributed by atoms with van der Waals surface area (Å²) in [6.45, 7) is 0. The van der Waals surface area contributed by atoms with E-state index in [1.807, 2.05) is 18.3 Å². The molecule has 4 heteroatoms. The number of para-hydroxylation sites is 1. The summed E-state index contributed by atoms with van der Waals surface area (Å²) < 4.78 is 0. The normalized spacial score (nSPS) is 9.43. The summed E-state index contributed by atoms with van der Waals surface area (Å²) in [5.41, 5.74) is 1.21. The van der Waals surface area contributed by atoms with Gasteiger partial charge in [0.15, 0.2) is 0 Å². The molecule has 4 nitrogen and oxygen atoms in total. The van der Waals surface area contributed by atoms with E-state index < -0.39 is 0 Å². The molecule has 0 bridgehead atoms. The van der Waals surface area contributed by atoms with Crippen molar-refractivity contribution < 1.29 is 0 Å². The molecule has 2 N–H and O–H groups in total. The van der Waals surface area contributed by atoms with Gasteiger partial charge in [-0.2, -0.15) is 0 Å². The van der Waals surface area contributed by atoms with Crippen molar-refractivity contribution in [2.24, 2.45) is 0 Å². The van der Waals surface area contributed by atoms with Crippen molar-refractivity contribution in [1.82, 2.24) is 20.4 Å². The Morgan fingerprint density at radius 1 is 1.00 bits per heavy atom. The Bertz CT molecular complexity index is 422. The lowest BCUT2D eigenvalue weighted by molar-refractivity contribution is 0.940. The van der Waals surface area contributed by atoms with Crippen molar-refractivity contribution in [1.29, 1.82) is 0 Å². The van der Waals surface area contributed by atoms with Crippen LogP contribution in [0.4, 0.5) is 0 Å². The van der Waals surface area contributed by atoms with Crippen LogP contribution in [0.1, 0.15) is 0 Å². The molecule has 0 spiro atoms. The molecule has 0 amide bonds. The third-order valence-corrected chi connectivity index (χ3v) is 1.79. The predicted molar refractivity (Wildman–Crippen MR) is 54.7 cm³/mol. The Kier molecular flexibility index (Phi) is 2.56. The molecule has 0 aliphatic heterocycles. The van der Waals surface area contributed by atoms with E-state index in [9.17, 15) is 0 Å². The van der Waals surface area contributed by atoms with E-state index in [0.29, 0.717) is 0 Å². The molecular weight excluding hydrogens is 176 g/mol. The molecule has 0 aliphatic rings. The molecule has 3 aromatic rings. The number of H-pyrrole nitrogens is 2. The molecule has 0 saturated heterocycles. The van der Waals surface area contributed by atoms with Crippen LogP contribution in [0.3, 0.4) is 0 Å². The van der Waals surface area contributed by atoms with E-state index in [1.165, 1.54) is 10.9 Å². The van der Waals surface area contributed by atoms with Gasteiger partial charge < -0.3 is 4.98 Å². The Balaban J connectivity index is 0.000000128. The van der Waals surface area contributed by atoms with Crippen LogP contribution in [0.2, 0.25) is 0 Å². The summed E-state index contributed by atoms with van der Waals surface area (Å²) in [4.78, 5) is 3.12. The Hall–Kier alpha value is -2.10. The fraction of sp³-hybridized carbons (Fsp3) is 0. The number of hydrogen-bond donors (Lipinski definition) is 2. The van der Waals surface area contributed by atoms with E-state index in [1.54, 1.807) is 12.4 Å². The van der Waals surface area contributed by atoms with Crippen molar-refractivity contribution >= 4 is 10.9 Å². The first-order chi connectivity index (χ1) is 6.97. The van der Waals surface area contributed by atoms with Crippen molar-refractivity contribution in [2.75, 3.05) is 0 Å². The topological polar surface area (TPSA) is 57.4 Å². The molecule has 2 aromatic heterocycles. The first kappa shape index (κ1) is 8.50. The van der Waals surface area contributed by atoms with E-state index in [2.05, 4.69) is 38.6 Å². The number of hydrogen-bond acceptors (Lipinski definition) is 2. The maximum absolute atomic E-state index is 3.42. The van der Waals surface area contributed by atoms with Gasteiger partial charge in [0.05, 0.1) is 6.20 Å². The number of nitrogens with zero attached hydrogens (tertiary/aromatic N) is 2. The molecule has 0 radical (unpaired) electrons. The van der Waals surface area contributed by atoms with Crippen LogP contribution in [-0.2, 0) is 0 Å². The lowest BCUT2D eigenvalue weighted by Gasteiger charge is -1.83. The van der Waals surface area contributed by atoms with Gasteiger partial charge in [0.1, 0.15) is 0 Å². The zero-order chi connectivity index (χ0) is 9.64. The van der Waals surface area contributed by atoms with Gasteiger partial charge in [0.2, 0.25) is 0 Å². The van der Waals surface area contributed by atoms with Crippen LogP contribution in [0, 0.1) is 0 Å². The lowest BCUT2D eigenvalue weighted by atomic mass is 10.3. The van der Waals surface area contributed by atoms with Crippen LogP contribution in [0.5, 0.6) is 0 Å². The minimum absolute atomic E-state index is 1.21. The van der Waals surface area contributed by atoms with Crippen LogP contribution in [0.15, 0.2) is 48.9 Å². The highest BCUT2D eigenvalue weighted by Crippen LogP contribution is 2.09. The second-order valence-electron chi connectivity index (χ2n) is 2.73. The summed E-state index contributed by atoms with van der Waals surface area (Å²) >= 11 is 0. The molecule has 0 saturated carbocycles. The van der Waals surface area contributed by atoms with Crippen molar-refractivity contribution in [3.63, 3.8) is 0 Å². The summed E-state index contributed by atoms with van der Waals surface area (Å²) in [5.74, 6) is 0. The molecule has 2 heterocycles. The fourth-order valence-corrected chi connectivity index (χ4v) is 1.16. The van der Waals surface area contributed by atoms with Gasteiger partial charge >= 0.3 is 0 Å². The Morgan fingerprint density at radius 2 is 1.93 bits per heavy atom. The zero-order valence-corrected chi connectivity index (χ0v) is 7.51. The largest absolute Gasteiger partial charge is 0.361 e. The standard InChI is InChI=1S/C8H7N.C2H3N3/c1-2-4-8-7(3-1)5-6-9-8;1-2-4-5-3-1/h1-6,9H;1-2H,(H,3,4,5). The fourth-order valence-electron chi connectivity index (χ4n) is 1.16. The number of aromatic amines is 2. The molecule has 1 aromatic carbocycles. The Morgan fingerprint density at radius 3 is 2.57 bits per heavy atom. The molecule has 0 atom stereocenters. The monoisotopic (exact) mass is 186 g/mol. The van der Waals surface area contributed by atoms with E-state index in [0.717, 1.165) is 0 Å². The van der Waals surface area contributed by atoms with Gasteiger partial charge in [-0.1, -0.05) is 23.4 Å². The highest BCUT2D eigenvalue weighted by molar-refractivity contribution is 5.78. The van der Waals surface area contributed by atoms with Crippen molar-refractivity contribution in [2.45, 2.75) is 0 Å². The zero-order valence-electron chi connectivity index (χ0n) is 7.51. The van der Waals surface area contributed by atoms with E-state index in [4.69, 9.17) is 0 Å². The van der Waals surface area contributed by atoms with Crippen molar-refractivity contribution in [3.05, 3.63) is 48.9 Å². The molecule has 70 valence electrons. The molecule has 3 rings (SSSR count). The van der Waals surface area contributed by atoms with E-state index in [-0.39, 0.29) is 0 Å². The maximum Gasteiger partial charge on any atom is 0.0690 e. The van der Waals surface area contributed by atoms with Gasteiger partial charge in [0, 0.05) is 17.9 Å². The highest BCUT2D eigenvalue weighted by atomic mass is 15.3. The molecule has 0 unspecified atom stereocenters. The third kappa shape index (κ3) is 1.98. The molecule has 0 fully saturated rings. The van der Waals surface area contributed by atoms with E-state index >= 15 is 0 Å². The van der Waals surface area contributed by atoms with Crippen LogP contribution in [-0.4, -0.2) is 20.4 Å². The summed E-state index contributed by atoms with van der Waals surface area (Å²) in [6, 6.07) is 10.3. The predicted octanol–water partition coefficient (Wildman–Crippen LogP) is 1.97. The minimum Gasteiger partial charge on any atom is -0.361 e. The quantitative estimate of drug-likeness (QED) is 0.564. The first-order valence-electron chi connectivity index (χ1n) is 4.29. The smallest absolute Gasteiger partial charge is 0.0690 e. The third-order valence-electron chi connectivity index (χ3n) is 1.79. The van der Waals surface area contributed by atoms with Gasteiger partial charge in [-0.15, -0.1) is 5.10 Å². The van der Waals surface area contributed by atoms with Gasteiger partial charge in [0.25, 0.3) is 0 Å². The number of benzene rings is 1. The highest BCUT2D eigenvalue weighted by Gasteiger charge is 1.86. The van der Waals surface area contributed by atoms with Crippen LogP contribution in [0.25, 0.3) is 10.9 Å². The van der Waals surface area contributed by atoms with Crippen LogP contribution >= 0.6 is 0 Å². The summed E-state index contributed by atoms with van der Waals surface area (Å²) in [5, 5.41) is 10.5. The van der Waals surface area contributed by atoms with Crippen molar-refractivity contribution in [3.8, 4) is 0 Å². The molecular formula is C10H10N4. The SMILES string of the molecule is c1c[nH]nn1.c1ccc2[nH]ccc2c1. The first-order valence-corrected chi connectivity index (χ1v) is 4.29. The molecule has 14 heavy (non-hydrogen) atoms. The maximum atomic E-state index is 3.42. The lowest BCUT2D eigenvalue weighted by Crippen LogP contribution is -1.61. The second-order valence-corrected chi connectivity index (χ2v) is 2.73. The average molecular weight is 186 g/mol. The van der Waals surface area contributed by atoms with Crippen LogP contribution < -0.4 is 0 Å². The summed E-state index contributed by atoms with van der Waals surface area (Å²) in [6.07, 6.45) is 5.19. The van der Waals surface area contributed by atoms with Gasteiger partial charge in [-0.3, -0.25) is 5.10 Å².